The van der Waals surface area contributed by atoms with E-state index < -0.39 is 0 Å². The number of carbonyl (C=O) groups is 1. The maximum atomic E-state index is 12.0. The molecule has 1 aromatic carbocycles. The number of nitrogens with one attached hydrogen (secondary N) is 1. The van der Waals surface area contributed by atoms with Crippen LogP contribution in [0.2, 0.25) is 0 Å². The Morgan fingerprint density at radius 3 is 3.00 bits per heavy atom. The molecule has 4 rings (SSSR count). The van der Waals surface area contributed by atoms with Crippen molar-refractivity contribution in [3.8, 4) is 5.75 Å². The molecule has 2 heterocycles. The van der Waals surface area contributed by atoms with Gasteiger partial charge in [-0.2, -0.15) is 5.10 Å². The van der Waals surface area contributed by atoms with Gasteiger partial charge in [0.25, 0.3) is 5.91 Å². The predicted molar refractivity (Wildman–Crippen MR) is 105 cm³/mol. The van der Waals surface area contributed by atoms with Gasteiger partial charge < -0.3 is 9.30 Å². The minimum atomic E-state index is -0.311. The lowest BCUT2D eigenvalue weighted by Gasteiger charge is -2.10. The average molecular weight is 362 g/mol. The van der Waals surface area contributed by atoms with Gasteiger partial charge in [0.1, 0.15) is 11.3 Å². The molecule has 2 aromatic heterocycles. The third kappa shape index (κ3) is 4.16. The summed E-state index contributed by atoms with van der Waals surface area (Å²) in [7, 11) is 0. The van der Waals surface area contributed by atoms with E-state index in [9.17, 15) is 4.79 Å². The highest BCUT2D eigenvalue weighted by Crippen LogP contribution is 2.29. The summed E-state index contributed by atoms with van der Waals surface area (Å²) in [6.45, 7) is -0.115. The van der Waals surface area contributed by atoms with Gasteiger partial charge in [-0.25, -0.2) is 5.43 Å². The van der Waals surface area contributed by atoms with Gasteiger partial charge >= 0.3 is 0 Å². The van der Waals surface area contributed by atoms with Crippen molar-refractivity contribution < 1.29 is 9.53 Å². The van der Waals surface area contributed by atoms with Crippen LogP contribution in [0.25, 0.3) is 10.9 Å². The Morgan fingerprint density at radius 2 is 2.11 bits per heavy atom. The van der Waals surface area contributed by atoms with Crippen molar-refractivity contribution >= 4 is 23.0 Å². The van der Waals surface area contributed by atoms with Gasteiger partial charge in [0.15, 0.2) is 6.61 Å². The van der Waals surface area contributed by atoms with E-state index in [1.807, 2.05) is 30.3 Å². The molecule has 0 bridgehead atoms. The Kier molecular flexibility index (Phi) is 5.14. The Bertz CT molecular complexity index is 952. The van der Waals surface area contributed by atoms with Gasteiger partial charge in [0.05, 0.1) is 6.21 Å². The van der Waals surface area contributed by atoms with Gasteiger partial charge in [-0.3, -0.25) is 9.78 Å². The van der Waals surface area contributed by atoms with Crippen molar-refractivity contribution in [2.24, 2.45) is 5.10 Å². The predicted octanol–water partition coefficient (Wildman–Crippen LogP) is 3.68. The summed E-state index contributed by atoms with van der Waals surface area (Å²) in [5.41, 5.74) is 4.22. The average Bonchev–Trinajstić information content (AvgIpc) is 3.38. The summed E-state index contributed by atoms with van der Waals surface area (Å²) >= 11 is 0. The molecule has 1 amide bonds. The van der Waals surface area contributed by atoms with E-state index in [1.165, 1.54) is 25.7 Å². The minimum Gasteiger partial charge on any atom is -0.481 e. The van der Waals surface area contributed by atoms with Crippen molar-refractivity contribution in [1.29, 1.82) is 0 Å². The fourth-order valence-corrected chi connectivity index (χ4v) is 3.48. The quantitative estimate of drug-likeness (QED) is 0.537. The molecule has 138 valence electrons. The van der Waals surface area contributed by atoms with E-state index >= 15 is 0 Å². The monoisotopic (exact) mass is 362 g/mol. The van der Waals surface area contributed by atoms with Crippen LogP contribution in [0, 0.1) is 0 Å². The number of nitrogens with zero attached hydrogens (tertiary/aromatic N) is 3. The zero-order chi connectivity index (χ0) is 18.5. The molecular formula is C21H22N4O2. The molecular weight excluding hydrogens is 340 g/mol. The lowest BCUT2D eigenvalue weighted by atomic mass is 10.2. The SMILES string of the molecule is O=C(COc1cccc2cccnc12)N/N=C\c1ccn(C2CCCC2)c1. The number of amides is 1. The molecule has 1 fully saturated rings. The smallest absolute Gasteiger partial charge is 0.277 e. The molecule has 1 aliphatic carbocycles. The number of para-hydroxylation sites is 1. The van der Waals surface area contributed by atoms with Crippen molar-refractivity contribution in [3.05, 3.63) is 60.6 Å². The Balaban J connectivity index is 1.30. The zero-order valence-corrected chi connectivity index (χ0v) is 15.0. The molecule has 0 aliphatic heterocycles. The number of rotatable bonds is 6. The molecule has 27 heavy (non-hydrogen) atoms. The molecule has 0 unspecified atom stereocenters. The Morgan fingerprint density at radius 1 is 1.26 bits per heavy atom. The van der Waals surface area contributed by atoms with Crippen LogP contribution in [0.3, 0.4) is 0 Å². The summed E-state index contributed by atoms with van der Waals surface area (Å²) in [6, 6.07) is 12.1. The number of ether oxygens (including phenoxy) is 1. The molecule has 0 spiro atoms. The number of carbonyl (C=O) groups excluding carboxylic acids is 1. The first-order chi connectivity index (χ1) is 13.3. The molecule has 0 atom stereocenters. The highest BCUT2D eigenvalue weighted by Gasteiger charge is 2.15. The van der Waals surface area contributed by atoms with Crippen molar-refractivity contribution in [3.63, 3.8) is 0 Å². The molecule has 0 radical (unpaired) electrons. The highest BCUT2D eigenvalue weighted by molar-refractivity contribution is 5.85. The summed E-state index contributed by atoms with van der Waals surface area (Å²) in [4.78, 5) is 16.3. The van der Waals surface area contributed by atoms with Crippen LogP contribution in [0.5, 0.6) is 5.75 Å². The number of hydrogen-bond donors (Lipinski definition) is 1. The number of aromatic nitrogens is 2. The number of hydrogen-bond acceptors (Lipinski definition) is 4. The fraction of sp³-hybridized carbons (Fsp3) is 0.286. The first-order valence-electron chi connectivity index (χ1n) is 9.25. The third-order valence-corrected chi connectivity index (χ3v) is 4.84. The first kappa shape index (κ1) is 17.3. The Hall–Kier alpha value is -3.15. The minimum absolute atomic E-state index is 0.115. The molecule has 1 aliphatic rings. The van der Waals surface area contributed by atoms with E-state index in [2.05, 4.69) is 32.5 Å². The second-order valence-corrected chi connectivity index (χ2v) is 6.74. The van der Waals surface area contributed by atoms with Gasteiger partial charge in [-0.1, -0.05) is 31.0 Å². The molecule has 1 saturated carbocycles. The topological polar surface area (TPSA) is 68.5 Å². The Labute approximate surface area is 157 Å². The van der Waals surface area contributed by atoms with Gasteiger partial charge in [-0.15, -0.1) is 0 Å². The number of pyridine rings is 1. The maximum absolute atomic E-state index is 12.0. The number of hydrazone groups is 1. The normalized spacial score (nSPS) is 14.8. The lowest BCUT2D eigenvalue weighted by Crippen LogP contribution is -2.24. The lowest BCUT2D eigenvalue weighted by molar-refractivity contribution is -0.123. The molecule has 1 N–H and O–H groups in total. The molecule has 0 saturated heterocycles. The van der Waals surface area contributed by atoms with Gasteiger partial charge in [-0.05, 0) is 31.0 Å². The van der Waals surface area contributed by atoms with Gasteiger partial charge in [0, 0.05) is 35.6 Å². The van der Waals surface area contributed by atoms with Crippen LogP contribution in [-0.4, -0.2) is 28.3 Å². The van der Waals surface area contributed by atoms with Gasteiger partial charge in [0.2, 0.25) is 0 Å². The largest absolute Gasteiger partial charge is 0.481 e. The van der Waals surface area contributed by atoms with Crippen molar-refractivity contribution in [2.75, 3.05) is 6.61 Å². The third-order valence-electron chi connectivity index (χ3n) is 4.84. The van der Waals surface area contributed by atoms with Crippen LogP contribution in [0.15, 0.2) is 60.1 Å². The summed E-state index contributed by atoms with van der Waals surface area (Å²) in [5.74, 6) is 0.273. The van der Waals surface area contributed by atoms with Crippen LogP contribution in [-0.2, 0) is 4.79 Å². The van der Waals surface area contributed by atoms with Crippen LogP contribution in [0.4, 0.5) is 0 Å². The van der Waals surface area contributed by atoms with E-state index in [0.29, 0.717) is 11.8 Å². The van der Waals surface area contributed by atoms with Crippen LogP contribution >= 0.6 is 0 Å². The number of fused-ring (bicyclic) bond motifs is 1. The van der Waals surface area contributed by atoms with Crippen molar-refractivity contribution in [2.45, 2.75) is 31.7 Å². The summed E-state index contributed by atoms with van der Waals surface area (Å²) in [5, 5.41) is 5.00. The molecule has 6 heteroatoms. The highest BCUT2D eigenvalue weighted by atomic mass is 16.5. The van der Waals surface area contributed by atoms with Crippen LogP contribution < -0.4 is 10.2 Å². The number of benzene rings is 1. The zero-order valence-electron chi connectivity index (χ0n) is 15.0. The van der Waals surface area contributed by atoms with E-state index in [-0.39, 0.29) is 12.5 Å². The molecule has 6 nitrogen and oxygen atoms in total. The van der Waals surface area contributed by atoms with E-state index in [0.717, 1.165) is 16.5 Å². The van der Waals surface area contributed by atoms with E-state index in [4.69, 9.17) is 4.74 Å². The van der Waals surface area contributed by atoms with Crippen LogP contribution in [0.1, 0.15) is 37.3 Å². The first-order valence-corrected chi connectivity index (χ1v) is 9.25. The van der Waals surface area contributed by atoms with E-state index in [1.54, 1.807) is 18.5 Å². The summed E-state index contributed by atoms with van der Waals surface area (Å²) in [6.07, 6.45) is 12.6. The van der Waals surface area contributed by atoms with Crippen molar-refractivity contribution in [1.82, 2.24) is 15.0 Å². The standard InChI is InChI=1S/C21H22N4O2/c26-20(15-27-19-9-3-5-17-6-4-11-22-21(17)19)24-23-13-16-10-12-25(14-16)18-7-1-2-8-18/h3-6,9-14,18H,1-2,7-8,15H2,(H,24,26)/b23-13-. The second kappa shape index (κ2) is 8.03. The molecule has 3 aromatic rings. The second-order valence-electron chi connectivity index (χ2n) is 6.74. The fourth-order valence-electron chi connectivity index (χ4n) is 3.48. The maximum Gasteiger partial charge on any atom is 0.277 e. The summed E-state index contributed by atoms with van der Waals surface area (Å²) < 4.78 is 7.85.